The van der Waals surface area contributed by atoms with Gasteiger partial charge in [0.2, 0.25) is 29.5 Å². The Kier molecular flexibility index (Phi) is 34.4. The van der Waals surface area contributed by atoms with Crippen molar-refractivity contribution in [1.82, 2.24) is 20.9 Å². The summed E-state index contributed by atoms with van der Waals surface area (Å²) >= 11 is 0. The van der Waals surface area contributed by atoms with Crippen molar-refractivity contribution in [3.63, 3.8) is 0 Å². The lowest BCUT2D eigenvalue weighted by Crippen LogP contribution is -2.51. The SMILES string of the molecule is CC.CC=O.CCCNC(N)=O.COCc1ccc(NC(=O)CNC(=O)C(NC(=O)CCOCCOCCOCCOCCN2C(=O)CC(C)C2=O)C(C)C)cc1. The zero-order chi connectivity index (χ0) is 43.4. The van der Waals surface area contributed by atoms with Crippen LogP contribution in [-0.4, -0.2) is 132 Å². The number of carbonyl (C=O) groups is 7. The molecule has 326 valence electrons. The molecule has 18 nitrogen and oxygen atoms in total. The van der Waals surface area contributed by atoms with E-state index in [0.717, 1.165) is 18.3 Å². The van der Waals surface area contributed by atoms with Gasteiger partial charge < -0.3 is 55.5 Å². The lowest BCUT2D eigenvalue weighted by Gasteiger charge is -2.21. The third-order valence-corrected chi connectivity index (χ3v) is 7.30. The second-order valence-corrected chi connectivity index (χ2v) is 12.4. The second-order valence-electron chi connectivity index (χ2n) is 12.4. The molecule has 2 rings (SSSR count). The minimum atomic E-state index is -0.797. The summed E-state index contributed by atoms with van der Waals surface area (Å²) in [5, 5.41) is 10.4. The summed E-state index contributed by atoms with van der Waals surface area (Å²) < 4.78 is 26.8. The second kappa shape index (κ2) is 35.9. The van der Waals surface area contributed by atoms with Crippen LogP contribution in [0.4, 0.5) is 10.5 Å². The molecule has 0 aromatic heterocycles. The minimum absolute atomic E-state index is 0.0677. The zero-order valence-corrected chi connectivity index (χ0v) is 35.1. The number of urea groups is 1. The van der Waals surface area contributed by atoms with Crippen LogP contribution >= 0.6 is 0 Å². The summed E-state index contributed by atoms with van der Waals surface area (Å²) in [6.45, 7) is 16.4. The minimum Gasteiger partial charge on any atom is -0.380 e. The molecule has 0 saturated carbocycles. The number of hydrogen-bond acceptors (Lipinski definition) is 12. The van der Waals surface area contributed by atoms with Crippen molar-refractivity contribution in [1.29, 1.82) is 0 Å². The van der Waals surface area contributed by atoms with Gasteiger partial charge in [-0.25, -0.2) is 4.79 Å². The molecular formula is C39H68N6O12. The molecule has 0 radical (unpaired) electrons. The summed E-state index contributed by atoms with van der Waals surface area (Å²) in [4.78, 5) is 80.8. The van der Waals surface area contributed by atoms with E-state index in [-0.39, 0.29) is 74.6 Å². The third kappa shape index (κ3) is 28.5. The number of nitrogens with one attached hydrogen (secondary N) is 4. The van der Waals surface area contributed by atoms with Crippen LogP contribution in [0.3, 0.4) is 0 Å². The van der Waals surface area contributed by atoms with E-state index in [2.05, 4.69) is 21.3 Å². The maximum absolute atomic E-state index is 12.7. The molecule has 2 unspecified atom stereocenters. The summed E-state index contributed by atoms with van der Waals surface area (Å²) in [5.41, 5.74) is 6.30. The summed E-state index contributed by atoms with van der Waals surface area (Å²) in [5.74, 6) is -1.92. The molecular weight excluding hydrogens is 744 g/mol. The largest absolute Gasteiger partial charge is 0.380 e. The molecule has 1 fully saturated rings. The van der Waals surface area contributed by atoms with Crippen LogP contribution in [-0.2, 0) is 59.1 Å². The fourth-order valence-electron chi connectivity index (χ4n) is 4.53. The zero-order valence-electron chi connectivity index (χ0n) is 35.1. The van der Waals surface area contributed by atoms with Crippen molar-refractivity contribution >= 4 is 47.5 Å². The number of likely N-dealkylation sites (tertiary alicyclic amines) is 1. The van der Waals surface area contributed by atoms with Gasteiger partial charge in [-0.1, -0.05) is 53.7 Å². The first-order valence-corrected chi connectivity index (χ1v) is 19.3. The number of ether oxygens (including phenoxy) is 5. The van der Waals surface area contributed by atoms with E-state index in [1.54, 1.807) is 40.0 Å². The van der Waals surface area contributed by atoms with E-state index in [1.807, 2.05) is 32.9 Å². The maximum atomic E-state index is 12.7. The van der Waals surface area contributed by atoms with Crippen molar-refractivity contribution in [2.24, 2.45) is 17.6 Å². The Morgan fingerprint density at radius 2 is 1.40 bits per heavy atom. The lowest BCUT2D eigenvalue weighted by molar-refractivity contribution is -0.140. The van der Waals surface area contributed by atoms with Crippen LogP contribution < -0.4 is 27.0 Å². The Balaban J connectivity index is 0. The molecule has 1 heterocycles. The highest BCUT2D eigenvalue weighted by Gasteiger charge is 2.35. The Hall–Kier alpha value is -4.49. The van der Waals surface area contributed by atoms with E-state index >= 15 is 0 Å². The Labute approximate surface area is 337 Å². The number of nitrogens with zero attached hydrogens (tertiary/aromatic N) is 1. The van der Waals surface area contributed by atoms with E-state index < -0.39 is 18.0 Å². The number of amides is 7. The number of nitrogens with two attached hydrogens (primary N) is 1. The van der Waals surface area contributed by atoms with E-state index in [0.29, 0.717) is 58.5 Å². The van der Waals surface area contributed by atoms with Crippen molar-refractivity contribution in [2.75, 3.05) is 84.9 Å². The van der Waals surface area contributed by atoms with Gasteiger partial charge in [0.25, 0.3) is 0 Å². The Morgan fingerprint density at radius 3 is 1.84 bits per heavy atom. The van der Waals surface area contributed by atoms with E-state index in [4.69, 9.17) is 34.2 Å². The van der Waals surface area contributed by atoms with Crippen LogP contribution in [0, 0.1) is 11.8 Å². The van der Waals surface area contributed by atoms with Gasteiger partial charge in [0.15, 0.2) is 0 Å². The predicted octanol–water partition coefficient (Wildman–Crippen LogP) is 2.18. The number of primary amides is 1. The molecule has 6 N–H and O–H groups in total. The van der Waals surface area contributed by atoms with Crippen LogP contribution in [0.1, 0.15) is 73.3 Å². The number of anilines is 1. The Bertz CT molecular complexity index is 1280. The highest BCUT2D eigenvalue weighted by molar-refractivity contribution is 6.03. The summed E-state index contributed by atoms with van der Waals surface area (Å²) in [7, 11) is 1.61. The number of rotatable bonds is 25. The summed E-state index contributed by atoms with van der Waals surface area (Å²) in [6, 6.07) is 5.94. The third-order valence-electron chi connectivity index (χ3n) is 7.30. The van der Waals surface area contributed by atoms with Crippen LogP contribution in [0.5, 0.6) is 0 Å². The highest BCUT2D eigenvalue weighted by atomic mass is 16.6. The molecule has 1 aromatic carbocycles. The monoisotopic (exact) mass is 812 g/mol. The highest BCUT2D eigenvalue weighted by Crippen LogP contribution is 2.18. The normalized spacial score (nSPS) is 13.5. The standard InChI is InChI=1S/C31H48N4O10.C4H10N2O.C2H4O.C2H6/c1-22(2)29(30(39)32-20-27(37)33-25-7-5-24(6-8-25)21-41-4)34-26(36)9-11-42-13-15-44-17-18-45-16-14-43-12-10-35-28(38)19-23(3)31(35)40;1-2-3-6-4(5)7;1-2-3;1-2/h5-8,22-23,29H,9-21H2,1-4H3,(H,32,39)(H,33,37)(H,34,36);2-3H2,1H3,(H3,5,6,7);2H,1H3;1-2H3. The van der Waals surface area contributed by atoms with Crippen LogP contribution in [0.25, 0.3) is 0 Å². The van der Waals surface area contributed by atoms with E-state index in [9.17, 15) is 28.8 Å². The van der Waals surface area contributed by atoms with Gasteiger partial charge >= 0.3 is 6.03 Å². The molecule has 1 saturated heterocycles. The fourth-order valence-corrected chi connectivity index (χ4v) is 4.53. The van der Waals surface area contributed by atoms with Gasteiger partial charge in [0, 0.05) is 38.1 Å². The molecule has 1 aliphatic rings. The maximum Gasteiger partial charge on any atom is 0.312 e. The number of aldehydes is 1. The van der Waals surface area contributed by atoms with Gasteiger partial charge in [0.1, 0.15) is 12.3 Å². The van der Waals surface area contributed by atoms with Crippen LogP contribution in [0.2, 0.25) is 0 Å². The van der Waals surface area contributed by atoms with Crippen molar-refractivity contribution < 1.29 is 57.2 Å². The molecule has 2 atom stereocenters. The van der Waals surface area contributed by atoms with Crippen molar-refractivity contribution in [3.05, 3.63) is 29.8 Å². The Morgan fingerprint density at radius 1 is 0.877 bits per heavy atom. The first kappa shape index (κ1) is 54.6. The molecule has 0 aliphatic carbocycles. The first-order valence-electron chi connectivity index (χ1n) is 19.3. The van der Waals surface area contributed by atoms with Gasteiger partial charge in [-0.15, -0.1) is 0 Å². The van der Waals surface area contributed by atoms with Gasteiger partial charge in [-0.3, -0.25) is 28.9 Å². The average Bonchev–Trinajstić information content (AvgIpc) is 3.42. The number of hydrogen-bond donors (Lipinski definition) is 5. The van der Waals surface area contributed by atoms with Crippen molar-refractivity contribution in [2.45, 2.75) is 80.4 Å². The number of imide groups is 1. The van der Waals surface area contributed by atoms with Crippen LogP contribution in [0.15, 0.2) is 24.3 Å². The number of methoxy groups -OCH3 is 1. The van der Waals surface area contributed by atoms with Gasteiger partial charge in [-0.2, -0.15) is 0 Å². The smallest absolute Gasteiger partial charge is 0.312 e. The van der Waals surface area contributed by atoms with Crippen molar-refractivity contribution in [3.8, 4) is 0 Å². The topological polar surface area (TPSA) is 243 Å². The first-order chi connectivity index (χ1) is 27.3. The molecule has 1 aliphatic heterocycles. The van der Waals surface area contributed by atoms with Gasteiger partial charge in [0.05, 0.1) is 72.6 Å². The quantitative estimate of drug-likeness (QED) is 0.0542. The number of carbonyl (C=O) groups excluding carboxylic acids is 7. The molecule has 7 amide bonds. The van der Waals surface area contributed by atoms with Gasteiger partial charge in [-0.05, 0) is 37.0 Å². The molecule has 18 heteroatoms. The predicted molar refractivity (Wildman–Crippen MR) is 215 cm³/mol. The summed E-state index contributed by atoms with van der Waals surface area (Å²) in [6.07, 6.45) is 2.01. The molecule has 57 heavy (non-hydrogen) atoms. The molecule has 0 bridgehead atoms. The molecule has 0 spiro atoms. The number of benzene rings is 1. The van der Waals surface area contributed by atoms with E-state index in [1.165, 1.54) is 11.8 Å². The molecule has 1 aromatic rings. The average molecular weight is 813 g/mol. The lowest BCUT2D eigenvalue weighted by atomic mass is 10.0. The fraction of sp³-hybridized carbons (Fsp3) is 0.667.